The molecule has 1 aliphatic heterocycles. The number of nitrogens with zero attached hydrogens (tertiary/aromatic N) is 2. The van der Waals surface area contributed by atoms with Crippen molar-refractivity contribution in [2.45, 2.75) is 57.7 Å². The molecule has 2 amide bonds. The van der Waals surface area contributed by atoms with Crippen LogP contribution in [0.5, 0.6) is 5.75 Å². The zero-order chi connectivity index (χ0) is 23.3. The summed E-state index contributed by atoms with van der Waals surface area (Å²) in [6.45, 7) is 9.40. The van der Waals surface area contributed by atoms with Gasteiger partial charge in [0.15, 0.2) is 0 Å². The molecule has 0 spiro atoms. The number of allylic oxidation sites excluding steroid dienone is 1. The first-order valence-corrected chi connectivity index (χ1v) is 12.0. The number of aliphatic hydroxyl groups excluding tert-OH is 1. The highest BCUT2D eigenvalue weighted by Gasteiger charge is 2.38. The van der Waals surface area contributed by atoms with E-state index in [-0.39, 0.29) is 48.3 Å². The van der Waals surface area contributed by atoms with E-state index in [1.165, 1.54) is 4.31 Å². The molecule has 0 unspecified atom stereocenters. The fraction of sp³-hybridized carbons (Fsp3) is 0.591. The quantitative estimate of drug-likeness (QED) is 0.690. The number of urea groups is 1. The minimum atomic E-state index is -3.87. The molecule has 2 N–H and O–H groups in total. The SMILES string of the molecule is C/C=C/c1ccc2c(c1)O[C@@H](CN(C)C(=O)NC(C)C)[C@H](C)CN([C@@H](C)CO)S2(=O)=O. The van der Waals surface area contributed by atoms with E-state index in [2.05, 4.69) is 5.32 Å². The number of fused-ring (bicyclic) bond motifs is 1. The number of aliphatic hydroxyl groups is 1. The summed E-state index contributed by atoms with van der Waals surface area (Å²) in [6, 6.07) is 4.16. The van der Waals surface area contributed by atoms with E-state index in [0.717, 1.165) is 5.56 Å². The first-order valence-electron chi connectivity index (χ1n) is 10.6. The number of carbonyl (C=O) groups is 1. The summed E-state index contributed by atoms with van der Waals surface area (Å²) >= 11 is 0. The Morgan fingerprint density at radius 1 is 1.39 bits per heavy atom. The predicted octanol–water partition coefficient (Wildman–Crippen LogP) is 2.54. The summed E-state index contributed by atoms with van der Waals surface area (Å²) in [5.41, 5.74) is 0.816. The van der Waals surface area contributed by atoms with E-state index in [1.807, 2.05) is 39.8 Å². The van der Waals surface area contributed by atoms with Crippen molar-refractivity contribution in [2.24, 2.45) is 5.92 Å². The second-order valence-electron chi connectivity index (χ2n) is 8.43. The highest BCUT2D eigenvalue weighted by Crippen LogP contribution is 2.34. The normalized spacial score (nSPS) is 22.3. The molecular weight excluding hydrogens is 418 g/mol. The molecule has 1 aromatic rings. The smallest absolute Gasteiger partial charge is 0.317 e. The molecule has 0 fully saturated rings. The molecule has 9 heteroatoms. The summed E-state index contributed by atoms with van der Waals surface area (Å²) in [4.78, 5) is 14.0. The summed E-state index contributed by atoms with van der Waals surface area (Å²) < 4.78 is 34.3. The number of benzene rings is 1. The number of sulfonamides is 1. The van der Waals surface area contributed by atoms with Gasteiger partial charge in [-0.05, 0) is 45.4 Å². The van der Waals surface area contributed by atoms with Gasteiger partial charge in [0.1, 0.15) is 16.7 Å². The van der Waals surface area contributed by atoms with Gasteiger partial charge >= 0.3 is 6.03 Å². The van der Waals surface area contributed by atoms with Gasteiger partial charge in [0.25, 0.3) is 0 Å². The Kier molecular flexibility index (Phi) is 8.50. The Bertz CT molecular complexity index is 900. The Morgan fingerprint density at radius 3 is 2.65 bits per heavy atom. The van der Waals surface area contributed by atoms with Crippen molar-refractivity contribution in [3.63, 3.8) is 0 Å². The van der Waals surface area contributed by atoms with Crippen LogP contribution in [0.3, 0.4) is 0 Å². The third-order valence-corrected chi connectivity index (χ3v) is 7.28. The molecule has 0 bridgehead atoms. The Hall–Kier alpha value is -2.10. The topological polar surface area (TPSA) is 99.2 Å². The fourth-order valence-electron chi connectivity index (χ4n) is 3.47. The maximum absolute atomic E-state index is 13.4. The van der Waals surface area contributed by atoms with Gasteiger partial charge in [-0.3, -0.25) is 0 Å². The summed E-state index contributed by atoms with van der Waals surface area (Å²) in [6.07, 6.45) is 3.29. The van der Waals surface area contributed by atoms with Crippen LogP contribution in [0.2, 0.25) is 0 Å². The van der Waals surface area contributed by atoms with Crippen LogP contribution < -0.4 is 10.1 Å². The van der Waals surface area contributed by atoms with Crippen molar-refractivity contribution in [1.82, 2.24) is 14.5 Å². The third kappa shape index (κ3) is 5.99. The highest BCUT2D eigenvalue weighted by atomic mass is 32.2. The molecule has 3 atom stereocenters. The van der Waals surface area contributed by atoms with Crippen LogP contribution in [0.25, 0.3) is 6.08 Å². The van der Waals surface area contributed by atoms with Crippen molar-refractivity contribution < 1.29 is 23.1 Å². The number of hydrogen-bond acceptors (Lipinski definition) is 5. The molecule has 1 aliphatic rings. The first-order chi connectivity index (χ1) is 14.5. The number of nitrogens with one attached hydrogen (secondary N) is 1. The fourth-order valence-corrected chi connectivity index (χ4v) is 5.29. The maximum atomic E-state index is 13.4. The van der Waals surface area contributed by atoms with Gasteiger partial charge in [0, 0.05) is 31.6 Å². The Morgan fingerprint density at radius 2 is 2.06 bits per heavy atom. The zero-order valence-electron chi connectivity index (χ0n) is 19.2. The van der Waals surface area contributed by atoms with Crippen molar-refractivity contribution in [1.29, 1.82) is 0 Å². The standard InChI is InChI=1S/C22H35N3O5S/c1-7-8-18-9-10-21-19(11-18)30-20(13-24(6)22(27)23-15(2)3)16(4)12-25(17(5)14-26)31(21,28)29/h7-11,15-17,20,26H,12-14H2,1-6H3,(H,23,27)/b8-7+/t16-,17+,20+/m1/s1. The van der Waals surface area contributed by atoms with E-state index < -0.39 is 22.2 Å². The molecule has 0 aliphatic carbocycles. The lowest BCUT2D eigenvalue weighted by molar-refractivity contribution is 0.0810. The molecule has 2 rings (SSSR count). The van der Waals surface area contributed by atoms with Crippen LogP contribution in [0.15, 0.2) is 29.2 Å². The number of hydrogen-bond donors (Lipinski definition) is 2. The van der Waals surface area contributed by atoms with Crippen molar-refractivity contribution >= 4 is 22.1 Å². The number of likely N-dealkylation sites (N-methyl/N-ethyl adjacent to an activating group) is 1. The summed E-state index contributed by atoms with van der Waals surface area (Å²) in [7, 11) is -2.18. The molecule has 0 saturated heterocycles. The maximum Gasteiger partial charge on any atom is 0.317 e. The number of amides is 2. The van der Waals surface area contributed by atoms with Gasteiger partial charge in [-0.1, -0.05) is 25.1 Å². The average molecular weight is 454 g/mol. The van der Waals surface area contributed by atoms with Crippen LogP contribution >= 0.6 is 0 Å². The van der Waals surface area contributed by atoms with Gasteiger partial charge in [-0.15, -0.1) is 0 Å². The lowest BCUT2D eigenvalue weighted by Crippen LogP contribution is -2.51. The van der Waals surface area contributed by atoms with E-state index in [4.69, 9.17) is 4.74 Å². The van der Waals surface area contributed by atoms with Crippen LogP contribution in [0.4, 0.5) is 4.79 Å². The number of carbonyl (C=O) groups excluding carboxylic acids is 1. The Balaban J connectivity index is 2.50. The minimum Gasteiger partial charge on any atom is -0.487 e. The molecule has 174 valence electrons. The average Bonchev–Trinajstić information content (AvgIpc) is 2.69. The van der Waals surface area contributed by atoms with E-state index in [0.29, 0.717) is 0 Å². The molecule has 8 nitrogen and oxygen atoms in total. The van der Waals surface area contributed by atoms with Gasteiger partial charge < -0.3 is 20.1 Å². The summed E-state index contributed by atoms with van der Waals surface area (Å²) in [5.74, 6) is 0.0246. The molecule has 0 saturated carbocycles. The van der Waals surface area contributed by atoms with Crippen molar-refractivity contribution in [3.05, 3.63) is 29.8 Å². The zero-order valence-corrected chi connectivity index (χ0v) is 20.0. The van der Waals surface area contributed by atoms with Crippen LogP contribution in [-0.2, 0) is 10.0 Å². The van der Waals surface area contributed by atoms with Gasteiger partial charge in [0.2, 0.25) is 10.0 Å². The van der Waals surface area contributed by atoms with E-state index in [9.17, 15) is 18.3 Å². The van der Waals surface area contributed by atoms with Gasteiger partial charge in [0.05, 0.1) is 13.2 Å². The molecule has 1 heterocycles. The summed E-state index contributed by atoms with van der Waals surface area (Å²) in [5, 5.41) is 12.5. The monoisotopic (exact) mass is 453 g/mol. The lowest BCUT2D eigenvalue weighted by atomic mass is 10.0. The van der Waals surface area contributed by atoms with Crippen LogP contribution in [0.1, 0.15) is 40.2 Å². The largest absolute Gasteiger partial charge is 0.487 e. The molecule has 31 heavy (non-hydrogen) atoms. The number of ether oxygens (including phenoxy) is 1. The highest BCUT2D eigenvalue weighted by molar-refractivity contribution is 7.89. The lowest BCUT2D eigenvalue weighted by Gasteiger charge is -2.37. The van der Waals surface area contributed by atoms with Gasteiger partial charge in [-0.25, -0.2) is 13.2 Å². The van der Waals surface area contributed by atoms with Crippen LogP contribution in [-0.4, -0.2) is 73.7 Å². The molecule has 1 aromatic carbocycles. The molecule has 0 aromatic heterocycles. The van der Waals surface area contributed by atoms with Crippen molar-refractivity contribution in [3.8, 4) is 5.75 Å². The van der Waals surface area contributed by atoms with Gasteiger partial charge in [-0.2, -0.15) is 4.31 Å². The molecule has 0 radical (unpaired) electrons. The Labute approximate surface area is 185 Å². The van der Waals surface area contributed by atoms with Crippen LogP contribution in [0, 0.1) is 5.92 Å². The third-order valence-electron chi connectivity index (χ3n) is 5.26. The second-order valence-corrected chi connectivity index (χ2v) is 10.3. The minimum absolute atomic E-state index is 0.000721. The first kappa shape index (κ1) is 25.2. The van der Waals surface area contributed by atoms with Crippen molar-refractivity contribution in [2.75, 3.05) is 26.7 Å². The molecular formula is C22H35N3O5S. The van der Waals surface area contributed by atoms with E-state index >= 15 is 0 Å². The number of rotatable bonds is 6. The second kappa shape index (κ2) is 10.5. The van der Waals surface area contributed by atoms with E-state index in [1.54, 1.807) is 37.1 Å². The predicted molar refractivity (Wildman–Crippen MR) is 121 cm³/mol.